The Balaban J connectivity index is 1.73. The Kier molecular flexibility index (Phi) is 6.07. The number of rotatable bonds is 7. The van der Waals surface area contributed by atoms with Gasteiger partial charge in [-0.1, -0.05) is 31.2 Å². The maximum absolute atomic E-state index is 12.8. The molecule has 26 heavy (non-hydrogen) atoms. The Morgan fingerprint density at radius 2 is 1.92 bits per heavy atom. The minimum atomic E-state index is -0.534. The van der Waals surface area contributed by atoms with Gasteiger partial charge in [-0.3, -0.25) is 9.59 Å². The molecule has 138 valence electrons. The van der Waals surface area contributed by atoms with E-state index in [1.807, 2.05) is 24.3 Å². The number of benzene rings is 1. The van der Waals surface area contributed by atoms with Gasteiger partial charge in [0.25, 0.3) is 5.91 Å². The van der Waals surface area contributed by atoms with Crippen LogP contribution >= 0.6 is 0 Å². The van der Waals surface area contributed by atoms with E-state index in [4.69, 9.17) is 4.42 Å². The molecule has 0 saturated heterocycles. The number of carbonyl (C=O) groups excluding carboxylic acids is 2. The summed E-state index contributed by atoms with van der Waals surface area (Å²) in [6.07, 6.45) is 3.04. The van der Waals surface area contributed by atoms with Crippen molar-refractivity contribution in [2.24, 2.45) is 0 Å². The molecule has 0 fully saturated rings. The van der Waals surface area contributed by atoms with Crippen LogP contribution in [0.3, 0.4) is 0 Å². The predicted octanol–water partition coefficient (Wildman–Crippen LogP) is 1.96. The number of nitrogens with zero attached hydrogens (tertiary/aromatic N) is 1. The van der Waals surface area contributed by atoms with Crippen molar-refractivity contribution in [3.63, 3.8) is 0 Å². The highest BCUT2D eigenvalue weighted by Crippen LogP contribution is 2.25. The molecule has 1 aliphatic rings. The van der Waals surface area contributed by atoms with E-state index in [1.54, 1.807) is 17.0 Å². The third kappa shape index (κ3) is 4.14. The van der Waals surface area contributed by atoms with E-state index in [0.29, 0.717) is 19.5 Å². The van der Waals surface area contributed by atoms with Crippen molar-refractivity contribution in [1.29, 1.82) is 0 Å². The second-order valence-corrected chi connectivity index (χ2v) is 6.44. The fraction of sp³-hybridized carbons (Fsp3) is 0.400. The monoisotopic (exact) mass is 355 g/mol. The molecule has 3 rings (SSSR count). The molecule has 2 amide bonds. The normalized spacial score (nSPS) is 16.2. The first kappa shape index (κ1) is 18.2. The molecular formula is C20H25N3O3. The van der Waals surface area contributed by atoms with E-state index < -0.39 is 6.04 Å². The number of amides is 2. The quantitative estimate of drug-likeness (QED) is 0.745. The lowest BCUT2D eigenvalue weighted by Crippen LogP contribution is -2.53. The van der Waals surface area contributed by atoms with Crippen molar-refractivity contribution in [2.75, 3.05) is 19.6 Å². The fourth-order valence-electron chi connectivity index (χ4n) is 3.21. The molecule has 1 aliphatic heterocycles. The van der Waals surface area contributed by atoms with Gasteiger partial charge < -0.3 is 20.0 Å². The molecule has 0 spiro atoms. The van der Waals surface area contributed by atoms with Gasteiger partial charge in [0.05, 0.1) is 6.26 Å². The van der Waals surface area contributed by atoms with E-state index in [-0.39, 0.29) is 17.6 Å². The van der Waals surface area contributed by atoms with Gasteiger partial charge in [-0.15, -0.1) is 0 Å². The molecule has 2 aromatic rings. The Bertz CT molecular complexity index is 743. The highest BCUT2D eigenvalue weighted by molar-refractivity contribution is 5.96. The van der Waals surface area contributed by atoms with Crippen LogP contribution in [-0.2, 0) is 17.8 Å². The van der Waals surface area contributed by atoms with Crippen LogP contribution in [0.1, 0.15) is 35.0 Å². The van der Waals surface area contributed by atoms with Gasteiger partial charge in [0.1, 0.15) is 6.04 Å². The van der Waals surface area contributed by atoms with Crippen molar-refractivity contribution in [3.8, 4) is 0 Å². The minimum absolute atomic E-state index is 0.127. The molecule has 2 heterocycles. The second kappa shape index (κ2) is 8.67. The van der Waals surface area contributed by atoms with Crippen molar-refractivity contribution in [3.05, 3.63) is 59.5 Å². The third-order valence-corrected chi connectivity index (χ3v) is 4.57. The summed E-state index contributed by atoms with van der Waals surface area (Å²) < 4.78 is 5.26. The molecule has 6 heteroatoms. The van der Waals surface area contributed by atoms with Gasteiger partial charge in [-0.2, -0.15) is 0 Å². The summed E-state index contributed by atoms with van der Waals surface area (Å²) in [6, 6.07) is 10.7. The maximum atomic E-state index is 12.8. The van der Waals surface area contributed by atoms with Gasteiger partial charge in [0.2, 0.25) is 5.91 Å². The smallest absolute Gasteiger partial charge is 0.290 e. The predicted molar refractivity (Wildman–Crippen MR) is 98.7 cm³/mol. The average molecular weight is 355 g/mol. The Labute approximate surface area is 153 Å². The van der Waals surface area contributed by atoms with Crippen LogP contribution in [0.25, 0.3) is 0 Å². The molecule has 6 nitrogen and oxygen atoms in total. The zero-order valence-electron chi connectivity index (χ0n) is 15.0. The van der Waals surface area contributed by atoms with Crippen LogP contribution in [-0.4, -0.2) is 42.4 Å². The summed E-state index contributed by atoms with van der Waals surface area (Å²) >= 11 is 0. The highest BCUT2D eigenvalue weighted by atomic mass is 16.3. The van der Waals surface area contributed by atoms with E-state index in [9.17, 15) is 9.59 Å². The molecule has 1 aromatic carbocycles. The molecule has 1 aromatic heterocycles. The standard InChI is InChI=1S/C20H25N3O3/c1-2-9-21-10-11-22-19(24)17-13-15-6-3-4-7-16(15)14-23(17)20(25)18-8-5-12-26-18/h3-8,12,17,21H,2,9-11,13-14H2,1H3,(H,22,24). The molecule has 0 aliphatic carbocycles. The lowest BCUT2D eigenvalue weighted by atomic mass is 9.93. The third-order valence-electron chi connectivity index (χ3n) is 4.57. The van der Waals surface area contributed by atoms with Crippen LogP contribution in [0, 0.1) is 0 Å². The van der Waals surface area contributed by atoms with Gasteiger partial charge in [-0.25, -0.2) is 0 Å². The lowest BCUT2D eigenvalue weighted by Gasteiger charge is -2.35. The van der Waals surface area contributed by atoms with Gasteiger partial charge >= 0.3 is 0 Å². The summed E-state index contributed by atoms with van der Waals surface area (Å²) in [6.45, 7) is 4.69. The topological polar surface area (TPSA) is 74.6 Å². The Morgan fingerprint density at radius 3 is 2.65 bits per heavy atom. The Hall–Kier alpha value is -2.60. The van der Waals surface area contributed by atoms with Crippen molar-refractivity contribution in [1.82, 2.24) is 15.5 Å². The van der Waals surface area contributed by atoms with E-state index in [1.165, 1.54) is 6.26 Å². The average Bonchev–Trinajstić information content (AvgIpc) is 3.21. The first-order chi connectivity index (χ1) is 12.7. The summed E-state index contributed by atoms with van der Waals surface area (Å²) in [5.74, 6) is -0.127. The molecule has 2 N–H and O–H groups in total. The van der Waals surface area contributed by atoms with Crippen LogP contribution in [0.15, 0.2) is 47.1 Å². The first-order valence-corrected chi connectivity index (χ1v) is 9.10. The molecule has 0 saturated carbocycles. The van der Waals surface area contributed by atoms with E-state index >= 15 is 0 Å². The molecule has 0 radical (unpaired) electrons. The van der Waals surface area contributed by atoms with Gasteiger partial charge in [0.15, 0.2) is 5.76 Å². The van der Waals surface area contributed by atoms with Gasteiger partial charge in [0, 0.05) is 26.1 Å². The lowest BCUT2D eigenvalue weighted by molar-refractivity contribution is -0.126. The van der Waals surface area contributed by atoms with E-state index in [0.717, 1.165) is 30.6 Å². The SMILES string of the molecule is CCCNCCNC(=O)C1Cc2ccccc2CN1C(=O)c1ccco1. The fourth-order valence-corrected chi connectivity index (χ4v) is 3.21. The van der Waals surface area contributed by atoms with Crippen molar-refractivity contribution < 1.29 is 14.0 Å². The largest absolute Gasteiger partial charge is 0.459 e. The van der Waals surface area contributed by atoms with Crippen LogP contribution in [0.5, 0.6) is 0 Å². The molecule has 0 bridgehead atoms. The number of nitrogens with one attached hydrogen (secondary N) is 2. The zero-order chi connectivity index (χ0) is 18.4. The molecular weight excluding hydrogens is 330 g/mol. The number of fused-ring (bicyclic) bond motifs is 1. The number of hydrogen-bond acceptors (Lipinski definition) is 4. The summed E-state index contributed by atoms with van der Waals surface area (Å²) in [5, 5.41) is 6.20. The second-order valence-electron chi connectivity index (χ2n) is 6.44. The van der Waals surface area contributed by atoms with Crippen LogP contribution in [0.2, 0.25) is 0 Å². The maximum Gasteiger partial charge on any atom is 0.290 e. The van der Waals surface area contributed by atoms with Gasteiger partial charge in [-0.05, 0) is 36.2 Å². The Morgan fingerprint density at radius 1 is 1.12 bits per heavy atom. The van der Waals surface area contributed by atoms with E-state index in [2.05, 4.69) is 17.6 Å². The number of hydrogen-bond donors (Lipinski definition) is 2. The number of furan rings is 1. The zero-order valence-corrected chi connectivity index (χ0v) is 15.0. The van der Waals surface area contributed by atoms with Crippen LogP contribution in [0.4, 0.5) is 0 Å². The summed E-state index contributed by atoms with van der Waals surface area (Å²) in [7, 11) is 0. The first-order valence-electron chi connectivity index (χ1n) is 9.10. The minimum Gasteiger partial charge on any atom is -0.459 e. The van der Waals surface area contributed by atoms with Crippen molar-refractivity contribution >= 4 is 11.8 Å². The summed E-state index contributed by atoms with van der Waals surface area (Å²) in [5.41, 5.74) is 2.18. The highest BCUT2D eigenvalue weighted by Gasteiger charge is 2.35. The molecule has 1 atom stereocenters. The van der Waals surface area contributed by atoms with Crippen LogP contribution < -0.4 is 10.6 Å². The van der Waals surface area contributed by atoms with Crippen molar-refractivity contribution in [2.45, 2.75) is 32.4 Å². The summed E-state index contributed by atoms with van der Waals surface area (Å²) in [4.78, 5) is 27.2. The number of carbonyl (C=O) groups is 2. The molecule has 1 unspecified atom stereocenters.